The van der Waals surface area contributed by atoms with Crippen LogP contribution >= 0.6 is 11.8 Å². The number of fused-ring (bicyclic) bond motifs is 1. The minimum Gasteiger partial charge on any atom is -0.465 e. The Morgan fingerprint density at radius 2 is 1.84 bits per heavy atom. The van der Waals surface area contributed by atoms with E-state index in [1.165, 1.54) is 11.8 Å². The number of ether oxygens (including phenoxy) is 1. The zero-order chi connectivity index (χ0) is 22.9. The molecule has 0 unspecified atom stereocenters. The highest BCUT2D eigenvalue weighted by Crippen LogP contribution is 2.15. The van der Waals surface area contributed by atoms with Gasteiger partial charge in [0.1, 0.15) is 11.6 Å². The molecule has 1 aromatic carbocycles. The molecule has 2 aromatic heterocycles. The van der Waals surface area contributed by atoms with Gasteiger partial charge in [0.25, 0.3) is 5.91 Å². The topological polar surface area (TPSA) is 128 Å². The first-order valence-corrected chi connectivity index (χ1v) is 11.1. The molecule has 0 saturated heterocycles. The molecule has 3 rings (SSSR count). The third-order valence-electron chi connectivity index (χ3n) is 4.34. The van der Waals surface area contributed by atoms with Crippen LogP contribution < -0.4 is 10.6 Å². The fraction of sp³-hybridized carbons (Fsp3) is 0.333. The van der Waals surface area contributed by atoms with Crippen molar-refractivity contribution >= 4 is 35.2 Å². The van der Waals surface area contributed by atoms with Crippen molar-refractivity contribution in [3.05, 3.63) is 53.3 Å². The van der Waals surface area contributed by atoms with Gasteiger partial charge >= 0.3 is 5.97 Å². The van der Waals surface area contributed by atoms with Gasteiger partial charge in [-0.3, -0.25) is 14.4 Å². The third kappa shape index (κ3) is 6.51. The average Bonchev–Trinajstić information content (AvgIpc) is 3.19. The number of nitrogens with zero attached hydrogens (tertiary/aromatic N) is 4. The van der Waals surface area contributed by atoms with E-state index >= 15 is 0 Å². The quantitative estimate of drug-likeness (QED) is 0.344. The number of rotatable bonds is 10. The van der Waals surface area contributed by atoms with Gasteiger partial charge < -0.3 is 15.4 Å². The number of carbonyl (C=O) groups is 3. The standard InChI is InChI=1S/C21H24N6O4S/c1-3-31-20(29)12-23-18(28)13-32-19-9-8-16-24-25-17(27(16)26-19)10-11-22-21(30)15-6-4-14(2)5-7-15/h4-9H,3,10-13H2,1-2H3,(H,22,30)(H,23,28). The summed E-state index contributed by atoms with van der Waals surface area (Å²) >= 11 is 1.23. The first-order valence-electron chi connectivity index (χ1n) is 10.1. The maximum atomic E-state index is 12.2. The van der Waals surface area contributed by atoms with Crippen molar-refractivity contribution < 1.29 is 19.1 Å². The van der Waals surface area contributed by atoms with Crippen LogP contribution in [0, 0.1) is 6.92 Å². The van der Waals surface area contributed by atoms with Gasteiger partial charge in [0.05, 0.1) is 12.4 Å². The molecule has 3 aromatic rings. The van der Waals surface area contributed by atoms with Crippen LogP contribution in [-0.2, 0) is 20.7 Å². The predicted octanol–water partition coefficient (Wildman–Crippen LogP) is 1.18. The molecule has 0 radical (unpaired) electrons. The van der Waals surface area contributed by atoms with Crippen molar-refractivity contribution in [3.63, 3.8) is 0 Å². The van der Waals surface area contributed by atoms with Crippen molar-refractivity contribution in [1.29, 1.82) is 0 Å². The summed E-state index contributed by atoms with van der Waals surface area (Å²) in [7, 11) is 0. The summed E-state index contributed by atoms with van der Waals surface area (Å²) in [5.74, 6) is -0.237. The maximum absolute atomic E-state index is 12.2. The van der Waals surface area contributed by atoms with E-state index in [1.54, 1.807) is 35.7 Å². The van der Waals surface area contributed by atoms with Crippen molar-refractivity contribution in [2.24, 2.45) is 0 Å². The van der Waals surface area contributed by atoms with E-state index in [1.807, 2.05) is 19.1 Å². The van der Waals surface area contributed by atoms with Crippen molar-refractivity contribution in [2.75, 3.05) is 25.4 Å². The number of aromatic nitrogens is 4. The van der Waals surface area contributed by atoms with Crippen molar-refractivity contribution in [3.8, 4) is 0 Å². The van der Waals surface area contributed by atoms with Crippen LogP contribution in [0.1, 0.15) is 28.7 Å². The molecule has 0 atom stereocenters. The molecule has 0 spiro atoms. The van der Waals surface area contributed by atoms with Gasteiger partial charge in [-0.15, -0.1) is 10.2 Å². The van der Waals surface area contributed by atoms with Crippen LogP contribution in [0.3, 0.4) is 0 Å². The summed E-state index contributed by atoms with van der Waals surface area (Å²) in [6.07, 6.45) is 0.444. The van der Waals surface area contributed by atoms with Crippen LogP contribution in [0.2, 0.25) is 0 Å². The zero-order valence-corrected chi connectivity index (χ0v) is 18.6. The molecule has 0 saturated carbocycles. The van der Waals surface area contributed by atoms with Crippen LogP contribution in [0.4, 0.5) is 0 Å². The molecule has 2 amide bonds. The Bertz CT molecular complexity index is 1100. The lowest BCUT2D eigenvalue weighted by Crippen LogP contribution is -2.31. The minimum atomic E-state index is -0.478. The lowest BCUT2D eigenvalue weighted by atomic mass is 10.1. The molecule has 0 aliphatic carbocycles. The van der Waals surface area contributed by atoms with Crippen LogP contribution in [0.15, 0.2) is 41.4 Å². The third-order valence-corrected chi connectivity index (χ3v) is 5.26. The van der Waals surface area contributed by atoms with Gasteiger partial charge in [0, 0.05) is 18.5 Å². The van der Waals surface area contributed by atoms with Crippen molar-refractivity contribution in [2.45, 2.75) is 25.3 Å². The van der Waals surface area contributed by atoms with Crippen LogP contribution in [0.25, 0.3) is 5.65 Å². The van der Waals surface area contributed by atoms with E-state index in [0.717, 1.165) is 5.56 Å². The summed E-state index contributed by atoms with van der Waals surface area (Å²) in [5.41, 5.74) is 2.26. The fourth-order valence-corrected chi connectivity index (χ4v) is 3.40. The first-order chi connectivity index (χ1) is 15.5. The van der Waals surface area contributed by atoms with E-state index in [4.69, 9.17) is 4.74 Å². The summed E-state index contributed by atoms with van der Waals surface area (Å²) in [4.78, 5) is 35.4. The monoisotopic (exact) mass is 456 g/mol. The lowest BCUT2D eigenvalue weighted by Gasteiger charge is -2.06. The number of hydrogen-bond acceptors (Lipinski definition) is 8. The zero-order valence-electron chi connectivity index (χ0n) is 17.8. The molecule has 168 valence electrons. The Labute approximate surface area is 189 Å². The van der Waals surface area contributed by atoms with Gasteiger partial charge in [-0.05, 0) is 38.1 Å². The van der Waals surface area contributed by atoms with E-state index < -0.39 is 5.97 Å². The molecule has 0 aliphatic rings. The van der Waals surface area contributed by atoms with Gasteiger partial charge in [0.15, 0.2) is 11.5 Å². The second-order valence-corrected chi connectivity index (χ2v) is 7.80. The van der Waals surface area contributed by atoms with E-state index in [2.05, 4.69) is 25.9 Å². The molecule has 0 aliphatic heterocycles. The Balaban J connectivity index is 1.52. The average molecular weight is 457 g/mol. The van der Waals surface area contributed by atoms with Gasteiger partial charge in [-0.1, -0.05) is 29.5 Å². The number of benzene rings is 1. The van der Waals surface area contributed by atoms with Gasteiger partial charge in [-0.2, -0.15) is 9.61 Å². The molecule has 2 N–H and O–H groups in total. The van der Waals surface area contributed by atoms with E-state index in [9.17, 15) is 14.4 Å². The normalized spacial score (nSPS) is 10.7. The number of nitrogens with one attached hydrogen (secondary N) is 2. The largest absolute Gasteiger partial charge is 0.465 e. The van der Waals surface area contributed by atoms with Crippen LogP contribution in [0.5, 0.6) is 0 Å². The summed E-state index contributed by atoms with van der Waals surface area (Å²) < 4.78 is 6.36. The number of esters is 1. The summed E-state index contributed by atoms with van der Waals surface area (Å²) in [6, 6.07) is 10.8. The molecular formula is C21H24N6O4S. The van der Waals surface area contributed by atoms with E-state index in [-0.39, 0.29) is 30.7 Å². The van der Waals surface area contributed by atoms with Gasteiger partial charge in [0.2, 0.25) is 5.91 Å². The van der Waals surface area contributed by atoms with Gasteiger partial charge in [-0.25, -0.2) is 0 Å². The molecular weight excluding hydrogens is 432 g/mol. The molecule has 2 heterocycles. The molecule has 32 heavy (non-hydrogen) atoms. The smallest absolute Gasteiger partial charge is 0.325 e. The predicted molar refractivity (Wildman–Crippen MR) is 118 cm³/mol. The number of aryl methyl sites for hydroxylation is 1. The van der Waals surface area contributed by atoms with Crippen LogP contribution in [-0.4, -0.2) is 63.0 Å². The molecule has 0 fully saturated rings. The number of hydrogen-bond donors (Lipinski definition) is 2. The Morgan fingerprint density at radius 1 is 1.06 bits per heavy atom. The number of thioether (sulfide) groups is 1. The maximum Gasteiger partial charge on any atom is 0.325 e. The summed E-state index contributed by atoms with van der Waals surface area (Å²) in [5, 5.41) is 18.7. The number of carbonyl (C=O) groups excluding carboxylic acids is 3. The fourth-order valence-electron chi connectivity index (χ4n) is 2.72. The van der Waals surface area contributed by atoms with Crippen molar-refractivity contribution in [1.82, 2.24) is 30.4 Å². The highest BCUT2D eigenvalue weighted by molar-refractivity contribution is 7.99. The molecule has 10 nitrogen and oxygen atoms in total. The second kappa shape index (κ2) is 11.2. The Hall–Kier alpha value is -3.47. The Morgan fingerprint density at radius 3 is 2.59 bits per heavy atom. The minimum absolute atomic E-state index is 0.0992. The summed E-state index contributed by atoms with van der Waals surface area (Å²) in [6.45, 7) is 4.15. The molecule has 11 heteroatoms. The second-order valence-electron chi connectivity index (χ2n) is 6.80. The molecule has 0 bridgehead atoms. The number of amides is 2. The highest BCUT2D eigenvalue weighted by atomic mass is 32.2. The van der Waals surface area contributed by atoms with E-state index in [0.29, 0.717) is 35.0 Å². The Kier molecular flexibility index (Phi) is 8.14. The SMILES string of the molecule is CCOC(=O)CNC(=O)CSc1ccc2nnc(CCNC(=O)c3ccc(C)cc3)n2n1. The highest BCUT2D eigenvalue weighted by Gasteiger charge is 2.11. The first kappa shape index (κ1) is 23.2. The lowest BCUT2D eigenvalue weighted by molar-refractivity contribution is -0.143.